The minimum absolute atomic E-state index is 0.603. The fourth-order valence-corrected chi connectivity index (χ4v) is 2.60. The number of hydrogen-bond acceptors (Lipinski definition) is 3. The monoisotopic (exact) mass is 230 g/mol. The highest BCUT2D eigenvalue weighted by Gasteiger charge is 2.18. The molecule has 0 aliphatic heterocycles. The Labute approximate surface area is 101 Å². The van der Waals surface area contributed by atoms with Crippen molar-refractivity contribution < 1.29 is 0 Å². The molecule has 17 heavy (non-hydrogen) atoms. The number of pyridine rings is 1. The Hall–Kier alpha value is -1.58. The summed E-state index contributed by atoms with van der Waals surface area (Å²) in [6.45, 7) is 2.34. The van der Waals surface area contributed by atoms with Gasteiger partial charge in [-0.25, -0.2) is 4.98 Å². The van der Waals surface area contributed by atoms with E-state index in [1.807, 2.05) is 18.5 Å². The molecule has 0 bridgehead atoms. The molecule has 2 aromatic rings. The topological polar surface area (TPSA) is 53.6 Å². The second-order valence-corrected chi connectivity index (χ2v) is 5.09. The molecule has 4 nitrogen and oxygen atoms in total. The standard InChI is InChI=1S/C13H18N4/c1-9-2-4-10(5-3-9)16-12-6-7-14-13-11(12)8-15-17-13/h6-10H,2-5H2,1H3,(H2,14,15,16,17). The van der Waals surface area contributed by atoms with Crippen LogP contribution < -0.4 is 5.32 Å². The lowest BCUT2D eigenvalue weighted by Gasteiger charge is -2.27. The molecule has 2 aromatic heterocycles. The maximum Gasteiger partial charge on any atom is 0.157 e. The molecule has 0 aromatic carbocycles. The van der Waals surface area contributed by atoms with Gasteiger partial charge in [0.25, 0.3) is 0 Å². The molecule has 0 unspecified atom stereocenters. The van der Waals surface area contributed by atoms with E-state index in [1.165, 1.54) is 25.7 Å². The van der Waals surface area contributed by atoms with E-state index in [9.17, 15) is 0 Å². The van der Waals surface area contributed by atoms with Crippen molar-refractivity contribution in [2.75, 3.05) is 5.32 Å². The smallest absolute Gasteiger partial charge is 0.157 e. The third-order valence-corrected chi connectivity index (χ3v) is 3.73. The molecule has 1 aliphatic carbocycles. The van der Waals surface area contributed by atoms with Crippen molar-refractivity contribution in [3.8, 4) is 0 Å². The SMILES string of the molecule is CC1CCC(Nc2ccnc3[nH]ncc23)CC1. The molecule has 3 rings (SSSR count). The highest BCUT2D eigenvalue weighted by Crippen LogP contribution is 2.28. The van der Waals surface area contributed by atoms with E-state index in [0.29, 0.717) is 6.04 Å². The number of nitrogens with zero attached hydrogens (tertiary/aromatic N) is 2. The number of aromatic amines is 1. The Morgan fingerprint density at radius 3 is 2.94 bits per heavy atom. The molecule has 4 heteroatoms. The Bertz CT molecular complexity index is 497. The molecule has 2 N–H and O–H groups in total. The van der Waals surface area contributed by atoms with Crippen LogP contribution in [0.25, 0.3) is 11.0 Å². The summed E-state index contributed by atoms with van der Waals surface area (Å²) >= 11 is 0. The van der Waals surface area contributed by atoms with Gasteiger partial charge in [0, 0.05) is 17.9 Å². The van der Waals surface area contributed by atoms with Crippen LogP contribution in [-0.4, -0.2) is 21.2 Å². The number of fused-ring (bicyclic) bond motifs is 1. The lowest BCUT2D eigenvalue weighted by molar-refractivity contribution is 0.361. The van der Waals surface area contributed by atoms with Crippen LogP contribution in [0, 0.1) is 5.92 Å². The largest absolute Gasteiger partial charge is 0.382 e. The van der Waals surface area contributed by atoms with Crippen LogP contribution in [0.4, 0.5) is 5.69 Å². The van der Waals surface area contributed by atoms with Gasteiger partial charge in [-0.1, -0.05) is 6.92 Å². The summed E-state index contributed by atoms with van der Waals surface area (Å²) in [4.78, 5) is 4.25. The molecule has 0 amide bonds. The van der Waals surface area contributed by atoms with Gasteiger partial charge in [-0.15, -0.1) is 0 Å². The summed E-state index contributed by atoms with van der Waals surface area (Å²) in [5.41, 5.74) is 2.02. The third kappa shape index (κ3) is 2.12. The van der Waals surface area contributed by atoms with E-state index < -0.39 is 0 Å². The molecular formula is C13H18N4. The van der Waals surface area contributed by atoms with Gasteiger partial charge in [-0.05, 0) is 37.7 Å². The van der Waals surface area contributed by atoms with E-state index in [1.54, 1.807) is 0 Å². The van der Waals surface area contributed by atoms with Crippen molar-refractivity contribution in [2.24, 2.45) is 5.92 Å². The van der Waals surface area contributed by atoms with Gasteiger partial charge in [-0.3, -0.25) is 5.10 Å². The number of aromatic nitrogens is 3. The molecule has 1 aliphatic rings. The molecule has 2 heterocycles. The van der Waals surface area contributed by atoms with Gasteiger partial charge in [0.05, 0.1) is 11.6 Å². The first kappa shape index (κ1) is 10.6. The van der Waals surface area contributed by atoms with Crippen molar-refractivity contribution in [3.63, 3.8) is 0 Å². The molecule has 0 radical (unpaired) electrons. The van der Waals surface area contributed by atoms with Crippen LogP contribution in [0.2, 0.25) is 0 Å². The molecule has 90 valence electrons. The van der Waals surface area contributed by atoms with Gasteiger partial charge < -0.3 is 5.32 Å². The van der Waals surface area contributed by atoms with Crippen molar-refractivity contribution in [1.82, 2.24) is 15.2 Å². The predicted molar refractivity (Wildman–Crippen MR) is 68.9 cm³/mol. The summed E-state index contributed by atoms with van der Waals surface area (Å²) in [7, 11) is 0. The molecule has 1 saturated carbocycles. The first-order valence-electron chi connectivity index (χ1n) is 6.37. The third-order valence-electron chi connectivity index (χ3n) is 3.73. The van der Waals surface area contributed by atoms with Gasteiger partial charge in [0.1, 0.15) is 0 Å². The van der Waals surface area contributed by atoms with Gasteiger partial charge in [0.15, 0.2) is 5.65 Å². The van der Waals surface area contributed by atoms with Gasteiger partial charge in [-0.2, -0.15) is 5.10 Å². The fourth-order valence-electron chi connectivity index (χ4n) is 2.60. The van der Waals surface area contributed by atoms with Gasteiger partial charge in [0.2, 0.25) is 0 Å². The number of nitrogens with one attached hydrogen (secondary N) is 2. The zero-order valence-corrected chi connectivity index (χ0v) is 10.1. The molecule has 1 fully saturated rings. The summed E-state index contributed by atoms with van der Waals surface area (Å²) in [5, 5.41) is 11.7. The van der Waals surface area contributed by atoms with Gasteiger partial charge >= 0.3 is 0 Å². The molecule has 0 saturated heterocycles. The Morgan fingerprint density at radius 1 is 1.29 bits per heavy atom. The maximum absolute atomic E-state index is 4.25. The predicted octanol–water partition coefficient (Wildman–Crippen LogP) is 2.95. The van der Waals surface area contributed by atoms with Crippen LogP contribution in [0.1, 0.15) is 32.6 Å². The highest BCUT2D eigenvalue weighted by molar-refractivity contribution is 5.88. The lowest BCUT2D eigenvalue weighted by Crippen LogP contribution is -2.25. The van der Waals surface area contributed by atoms with Crippen molar-refractivity contribution in [2.45, 2.75) is 38.6 Å². The first-order valence-corrected chi connectivity index (χ1v) is 6.37. The summed E-state index contributed by atoms with van der Waals surface area (Å²) in [6.07, 6.45) is 8.87. The molecule has 0 spiro atoms. The number of rotatable bonds is 2. The molecule has 0 atom stereocenters. The minimum atomic E-state index is 0.603. The zero-order chi connectivity index (χ0) is 11.7. The maximum atomic E-state index is 4.25. The van der Waals surface area contributed by atoms with Crippen molar-refractivity contribution in [3.05, 3.63) is 18.5 Å². The zero-order valence-electron chi connectivity index (χ0n) is 10.1. The Balaban J connectivity index is 1.78. The molecular weight excluding hydrogens is 212 g/mol. The second kappa shape index (κ2) is 4.35. The average molecular weight is 230 g/mol. The van der Waals surface area contributed by atoms with E-state index >= 15 is 0 Å². The Kier molecular flexibility index (Phi) is 2.71. The van der Waals surface area contributed by atoms with E-state index in [2.05, 4.69) is 27.4 Å². The number of H-pyrrole nitrogens is 1. The van der Waals surface area contributed by atoms with Crippen molar-refractivity contribution >= 4 is 16.7 Å². The van der Waals surface area contributed by atoms with E-state index in [0.717, 1.165) is 22.6 Å². The van der Waals surface area contributed by atoms with Crippen LogP contribution in [0.15, 0.2) is 18.5 Å². The van der Waals surface area contributed by atoms with Crippen LogP contribution >= 0.6 is 0 Å². The summed E-state index contributed by atoms with van der Waals surface area (Å²) < 4.78 is 0. The lowest BCUT2D eigenvalue weighted by atomic mass is 9.87. The first-order chi connectivity index (χ1) is 8.33. The summed E-state index contributed by atoms with van der Waals surface area (Å²) in [6, 6.07) is 2.64. The van der Waals surface area contributed by atoms with Crippen molar-refractivity contribution in [1.29, 1.82) is 0 Å². The highest BCUT2D eigenvalue weighted by atomic mass is 15.1. The quantitative estimate of drug-likeness (QED) is 0.834. The fraction of sp³-hybridized carbons (Fsp3) is 0.538. The van der Waals surface area contributed by atoms with Crippen LogP contribution in [0.5, 0.6) is 0 Å². The van der Waals surface area contributed by atoms with E-state index in [4.69, 9.17) is 0 Å². The van der Waals surface area contributed by atoms with E-state index in [-0.39, 0.29) is 0 Å². The summed E-state index contributed by atoms with van der Waals surface area (Å²) in [5.74, 6) is 0.888. The number of anilines is 1. The number of hydrogen-bond donors (Lipinski definition) is 2. The second-order valence-electron chi connectivity index (χ2n) is 5.09. The minimum Gasteiger partial charge on any atom is -0.382 e. The van der Waals surface area contributed by atoms with Crippen LogP contribution in [-0.2, 0) is 0 Å². The normalized spacial score (nSPS) is 25.0. The van der Waals surface area contributed by atoms with Crippen LogP contribution in [0.3, 0.4) is 0 Å². The Morgan fingerprint density at radius 2 is 2.12 bits per heavy atom. The average Bonchev–Trinajstić information content (AvgIpc) is 2.81.